The number of hydrogen-bond donors (Lipinski definition) is 2. The molecule has 15 heavy (non-hydrogen) atoms. The van der Waals surface area contributed by atoms with Crippen LogP contribution in [-0.2, 0) is 9.53 Å². The number of carbonyl (C=O) groups is 1. The predicted molar refractivity (Wildman–Crippen MR) is 59.7 cm³/mol. The molecule has 0 aromatic carbocycles. The summed E-state index contributed by atoms with van der Waals surface area (Å²) < 4.78 is 5.14. The van der Waals surface area contributed by atoms with E-state index in [2.05, 4.69) is 17.6 Å². The molecule has 0 aromatic rings. The molecular weight excluding hydrogens is 192 g/mol. The second-order valence-electron chi connectivity index (χ2n) is 5.14. The first-order valence-corrected chi connectivity index (χ1v) is 5.51. The van der Waals surface area contributed by atoms with Crippen molar-refractivity contribution in [1.29, 1.82) is 0 Å². The third-order valence-corrected chi connectivity index (χ3v) is 2.76. The van der Waals surface area contributed by atoms with Gasteiger partial charge in [-0.3, -0.25) is 4.79 Å². The number of carbonyl (C=O) groups excluding carboxylic acids is 1. The number of hydrogen-bond acceptors (Lipinski definition) is 3. The fourth-order valence-corrected chi connectivity index (χ4v) is 1.59. The third kappa shape index (κ3) is 3.18. The highest BCUT2D eigenvalue weighted by Gasteiger charge is 2.35. The molecule has 0 saturated carbocycles. The number of nitrogens with one attached hydrogen (secondary N) is 2. The van der Waals surface area contributed by atoms with Crippen molar-refractivity contribution in [3.63, 3.8) is 0 Å². The number of rotatable bonds is 5. The SMILES string of the molecule is CCNC(C)(C)C(=O)NCC1(C)COC1. The molecular formula is C11H22N2O2. The van der Waals surface area contributed by atoms with E-state index in [-0.39, 0.29) is 11.3 Å². The van der Waals surface area contributed by atoms with Gasteiger partial charge in [-0.15, -0.1) is 0 Å². The Morgan fingerprint density at radius 3 is 2.47 bits per heavy atom. The van der Waals surface area contributed by atoms with Gasteiger partial charge in [-0.05, 0) is 20.4 Å². The molecule has 1 aliphatic rings. The Kier molecular flexibility index (Phi) is 3.73. The maximum atomic E-state index is 11.8. The largest absolute Gasteiger partial charge is 0.380 e. The Morgan fingerprint density at radius 2 is 2.07 bits per heavy atom. The quantitative estimate of drug-likeness (QED) is 0.702. The summed E-state index contributed by atoms with van der Waals surface area (Å²) in [6.07, 6.45) is 0. The Balaban J connectivity index is 2.34. The second-order valence-corrected chi connectivity index (χ2v) is 5.14. The first-order chi connectivity index (χ1) is 6.90. The van der Waals surface area contributed by atoms with E-state index in [1.165, 1.54) is 0 Å². The lowest BCUT2D eigenvalue weighted by atomic mass is 9.88. The minimum absolute atomic E-state index is 0.0532. The average Bonchev–Trinajstić information content (AvgIpc) is 2.11. The summed E-state index contributed by atoms with van der Waals surface area (Å²) >= 11 is 0. The molecule has 0 radical (unpaired) electrons. The van der Waals surface area contributed by atoms with Crippen LogP contribution in [0.3, 0.4) is 0 Å². The highest BCUT2D eigenvalue weighted by atomic mass is 16.5. The molecule has 2 N–H and O–H groups in total. The van der Waals surface area contributed by atoms with Crippen LogP contribution in [0.1, 0.15) is 27.7 Å². The van der Waals surface area contributed by atoms with E-state index in [0.29, 0.717) is 6.54 Å². The van der Waals surface area contributed by atoms with Crippen LogP contribution in [0.4, 0.5) is 0 Å². The summed E-state index contributed by atoms with van der Waals surface area (Å²) in [4.78, 5) is 11.8. The van der Waals surface area contributed by atoms with Crippen molar-refractivity contribution in [3.8, 4) is 0 Å². The number of amides is 1. The Hall–Kier alpha value is -0.610. The van der Waals surface area contributed by atoms with Gasteiger partial charge >= 0.3 is 0 Å². The highest BCUT2D eigenvalue weighted by Crippen LogP contribution is 2.25. The van der Waals surface area contributed by atoms with Gasteiger partial charge in [0.1, 0.15) is 0 Å². The monoisotopic (exact) mass is 214 g/mol. The van der Waals surface area contributed by atoms with Crippen LogP contribution in [0.25, 0.3) is 0 Å². The molecule has 4 nitrogen and oxygen atoms in total. The van der Waals surface area contributed by atoms with Crippen LogP contribution in [0, 0.1) is 5.41 Å². The van der Waals surface area contributed by atoms with Crippen LogP contribution < -0.4 is 10.6 Å². The molecule has 1 amide bonds. The zero-order chi connectivity index (χ0) is 11.5. The molecule has 0 bridgehead atoms. The fourth-order valence-electron chi connectivity index (χ4n) is 1.59. The van der Waals surface area contributed by atoms with Gasteiger partial charge in [-0.25, -0.2) is 0 Å². The van der Waals surface area contributed by atoms with Crippen LogP contribution in [0.2, 0.25) is 0 Å². The predicted octanol–water partition coefficient (Wildman–Crippen LogP) is 0.527. The smallest absolute Gasteiger partial charge is 0.239 e. The minimum Gasteiger partial charge on any atom is -0.380 e. The molecule has 88 valence electrons. The summed E-state index contributed by atoms with van der Waals surface area (Å²) in [6.45, 7) is 10.9. The molecule has 1 rings (SSSR count). The van der Waals surface area contributed by atoms with Crippen molar-refractivity contribution >= 4 is 5.91 Å². The molecule has 0 aromatic heterocycles. The third-order valence-electron chi connectivity index (χ3n) is 2.76. The van der Waals surface area contributed by atoms with E-state index in [9.17, 15) is 4.79 Å². The Labute approximate surface area is 91.8 Å². The summed E-state index contributed by atoms with van der Waals surface area (Å²) in [6, 6.07) is 0. The highest BCUT2D eigenvalue weighted by molar-refractivity contribution is 5.85. The molecule has 0 unspecified atom stereocenters. The van der Waals surface area contributed by atoms with E-state index >= 15 is 0 Å². The average molecular weight is 214 g/mol. The maximum Gasteiger partial charge on any atom is 0.239 e. The summed E-state index contributed by atoms with van der Waals surface area (Å²) in [5, 5.41) is 6.12. The van der Waals surface area contributed by atoms with Gasteiger partial charge in [0.15, 0.2) is 0 Å². The van der Waals surface area contributed by atoms with Crippen LogP contribution in [0.5, 0.6) is 0 Å². The number of ether oxygens (including phenoxy) is 1. The lowest BCUT2D eigenvalue weighted by Gasteiger charge is -2.39. The van der Waals surface area contributed by atoms with E-state index in [4.69, 9.17) is 4.74 Å². The van der Waals surface area contributed by atoms with Crippen molar-refractivity contribution in [2.45, 2.75) is 33.2 Å². The van der Waals surface area contributed by atoms with E-state index in [1.807, 2.05) is 20.8 Å². The van der Waals surface area contributed by atoms with Gasteiger partial charge in [0.25, 0.3) is 0 Å². The molecule has 0 spiro atoms. The van der Waals surface area contributed by atoms with E-state index in [0.717, 1.165) is 19.8 Å². The van der Waals surface area contributed by atoms with Crippen molar-refractivity contribution < 1.29 is 9.53 Å². The van der Waals surface area contributed by atoms with Gasteiger partial charge in [0, 0.05) is 12.0 Å². The molecule has 4 heteroatoms. The molecule has 0 aliphatic carbocycles. The Bertz CT molecular complexity index is 235. The lowest BCUT2D eigenvalue weighted by molar-refractivity contribution is -0.131. The van der Waals surface area contributed by atoms with Crippen molar-refractivity contribution in [2.24, 2.45) is 5.41 Å². The van der Waals surface area contributed by atoms with Gasteiger partial charge in [-0.2, -0.15) is 0 Å². The molecule has 1 aliphatic heterocycles. The minimum atomic E-state index is -0.490. The van der Waals surface area contributed by atoms with Crippen LogP contribution in [-0.4, -0.2) is 37.7 Å². The maximum absolute atomic E-state index is 11.8. The first kappa shape index (κ1) is 12.5. The van der Waals surface area contributed by atoms with Crippen LogP contribution >= 0.6 is 0 Å². The van der Waals surface area contributed by atoms with Gasteiger partial charge in [0.2, 0.25) is 5.91 Å². The standard InChI is InChI=1S/C11H22N2O2/c1-5-13-10(2,3)9(14)12-6-11(4)7-15-8-11/h13H,5-8H2,1-4H3,(H,12,14). The summed E-state index contributed by atoms with van der Waals surface area (Å²) in [7, 11) is 0. The van der Waals surface area contributed by atoms with Crippen molar-refractivity contribution in [2.75, 3.05) is 26.3 Å². The molecule has 1 heterocycles. The molecule has 1 fully saturated rings. The van der Waals surface area contributed by atoms with Crippen molar-refractivity contribution in [1.82, 2.24) is 10.6 Å². The topological polar surface area (TPSA) is 50.4 Å². The summed E-state index contributed by atoms with van der Waals surface area (Å²) in [5.74, 6) is 0.0532. The number of likely N-dealkylation sites (N-methyl/N-ethyl adjacent to an activating group) is 1. The van der Waals surface area contributed by atoms with Gasteiger partial charge in [0.05, 0.1) is 18.8 Å². The normalized spacial score (nSPS) is 19.5. The van der Waals surface area contributed by atoms with E-state index in [1.54, 1.807) is 0 Å². The van der Waals surface area contributed by atoms with Gasteiger partial charge in [-0.1, -0.05) is 13.8 Å². The van der Waals surface area contributed by atoms with Crippen molar-refractivity contribution in [3.05, 3.63) is 0 Å². The lowest BCUT2D eigenvalue weighted by Crippen LogP contribution is -2.56. The Morgan fingerprint density at radius 1 is 1.47 bits per heavy atom. The van der Waals surface area contributed by atoms with E-state index < -0.39 is 5.54 Å². The fraction of sp³-hybridized carbons (Fsp3) is 0.909. The zero-order valence-electron chi connectivity index (χ0n) is 10.1. The molecule has 0 atom stereocenters. The van der Waals surface area contributed by atoms with Gasteiger partial charge < -0.3 is 15.4 Å². The zero-order valence-corrected chi connectivity index (χ0v) is 10.1. The second kappa shape index (κ2) is 4.49. The summed E-state index contributed by atoms with van der Waals surface area (Å²) in [5.41, 5.74) is -0.354. The van der Waals surface area contributed by atoms with Crippen LogP contribution in [0.15, 0.2) is 0 Å². The first-order valence-electron chi connectivity index (χ1n) is 5.51. The molecule has 1 saturated heterocycles.